The Morgan fingerprint density at radius 1 is 0.857 bits per heavy atom. The van der Waals surface area contributed by atoms with E-state index < -0.39 is 11.6 Å². The van der Waals surface area contributed by atoms with Gasteiger partial charge in [0.25, 0.3) is 0 Å². The first-order chi connectivity index (χ1) is 13.6. The van der Waals surface area contributed by atoms with Gasteiger partial charge in [-0.2, -0.15) is 0 Å². The molecule has 3 aromatic carbocycles. The highest BCUT2D eigenvalue weighted by atomic mass is 16.5. The van der Waals surface area contributed by atoms with E-state index in [-0.39, 0.29) is 13.2 Å². The Morgan fingerprint density at radius 2 is 1.25 bits per heavy atom. The van der Waals surface area contributed by atoms with Crippen molar-refractivity contribution < 1.29 is 14.7 Å². The number of benzene rings is 3. The molecule has 0 saturated carbocycles. The van der Waals surface area contributed by atoms with Gasteiger partial charge in [0.05, 0.1) is 6.61 Å². The SMILES string of the molecule is CN(O)C(=O)NCCOC(c1ccccc1)(c1ccccc1)c1ccccc1. The normalized spacial score (nSPS) is 11.1. The van der Waals surface area contributed by atoms with Gasteiger partial charge >= 0.3 is 6.03 Å². The van der Waals surface area contributed by atoms with E-state index in [1.165, 1.54) is 7.05 Å². The Bertz CT molecular complexity index is 771. The van der Waals surface area contributed by atoms with Crippen molar-refractivity contribution in [3.05, 3.63) is 108 Å². The number of ether oxygens (including phenoxy) is 1. The van der Waals surface area contributed by atoms with E-state index in [4.69, 9.17) is 4.74 Å². The summed E-state index contributed by atoms with van der Waals surface area (Å²) in [6.45, 7) is 0.524. The Morgan fingerprint density at radius 3 is 1.61 bits per heavy atom. The molecule has 3 aromatic rings. The average Bonchev–Trinajstić information content (AvgIpc) is 2.75. The molecule has 0 aliphatic carbocycles. The highest BCUT2D eigenvalue weighted by Gasteiger charge is 2.37. The first-order valence-corrected chi connectivity index (χ1v) is 9.15. The van der Waals surface area contributed by atoms with Crippen LogP contribution in [-0.4, -0.2) is 36.5 Å². The third kappa shape index (κ3) is 4.22. The van der Waals surface area contributed by atoms with Crippen molar-refractivity contribution in [2.45, 2.75) is 5.60 Å². The summed E-state index contributed by atoms with van der Waals surface area (Å²) in [4.78, 5) is 11.6. The van der Waals surface area contributed by atoms with Crippen molar-refractivity contribution in [3.63, 3.8) is 0 Å². The van der Waals surface area contributed by atoms with Crippen LogP contribution >= 0.6 is 0 Å². The number of carbonyl (C=O) groups excluding carboxylic acids is 1. The van der Waals surface area contributed by atoms with Crippen LogP contribution in [0.1, 0.15) is 16.7 Å². The van der Waals surface area contributed by atoms with Gasteiger partial charge in [0, 0.05) is 13.6 Å². The summed E-state index contributed by atoms with van der Waals surface area (Å²) < 4.78 is 6.50. The molecule has 0 radical (unpaired) electrons. The van der Waals surface area contributed by atoms with Gasteiger partial charge in [0.15, 0.2) is 0 Å². The second-order valence-electron chi connectivity index (χ2n) is 6.38. The van der Waals surface area contributed by atoms with Crippen LogP contribution in [0.5, 0.6) is 0 Å². The number of rotatable bonds is 7. The summed E-state index contributed by atoms with van der Waals surface area (Å²) in [5, 5.41) is 12.3. The maximum atomic E-state index is 11.6. The van der Waals surface area contributed by atoms with Crippen LogP contribution in [0, 0.1) is 0 Å². The van der Waals surface area contributed by atoms with Crippen LogP contribution < -0.4 is 5.32 Å². The van der Waals surface area contributed by atoms with Crippen molar-refractivity contribution in [2.75, 3.05) is 20.2 Å². The molecule has 0 bridgehead atoms. The maximum Gasteiger partial charge on any atom is 0.340 e. The summed E-state index contributed by atoms with van der Waals surface area (Å²) in [6.07, 6.45) is 0. The lowest BCUT2D eigenvalue weighted by Gasteiger charge is -2.36. The van der Waals surface area contributed by atoms with E-state index >= 15 is 0 Å². The fourth-order valence-electron chi connectivity index (χ4n) is 3.25. The number of urea groups is 1. The van der Waals surface area contributed by atoms with E-state index in [2.05, 4.69) is 5.32 Å². The van der Waals surface area contributed by atoms with Crippen molar-refractivity contribution >= 4 is 6.03 Å². The minimum atomic E-state index is -0.820. The number of hydroxylamine groups is 2. The molecule has 5 nitrogen and oxygen atoms in total. The molecule has 0 aliphatic rings. The lowest BCUT2D eigenvalue weighted by Crippen LogP contribution is -2.39. The second-order valence-corrected chi connectivity index (χ2v) is 6.38. The highest BCUT2D eigenvalue weighted by molar-refractivity contribution is 5.72. The smallest absolute Gasteiger partial charge is 0.340 e. The van der Waals surface area contributed by atoms with Gasteiger partial charge in [0.2, 0.25) is 0 Å². The van der Waals surface area contributed by atoms with Crippen LogP contribution in [0.15, 0.2) is 91.0 Å². The minimum absolute atomic E-state index is 0.262. The number of hydrogen-bond acceptors (Lipinski definition) is 3. The topological polar surface area (TPSA) is 61.8 Å². The van der Waals surface area contributed by atoms with Crippen molar-refractivity contribution in [3.8, 4) is 0 Å². The largest absolute Gasteiger partial charge is 0.359 e. The molecule has 0 unspecified atom stereocenters. The molecule has 144 valence electrons. The van der Waals surface area contributed by atoms with E-state index in [1.807, 2.05) is 91.0 Å². The molecule has 0 saturated heterocycles. The van der Waals surface area contributed by atoms with Crippen LogP contribution in [0.3, 0.4) is 0 Å². The molecular formula is C23H24N2O3. The first-order valence-electron chi connectivity index (χ1n) is 9.15. The Labute approximate surface area is 165 Å². The molecule has 5 heteroatoms. The molecule has 2 N–H and O–H groups in total. The zero-order valence-corrected chi connectivity index (χ0v) is 15.8. The van der Waals surface area contributed by atoms with E-state index in [1.54, 1.807) is 0 Å². The predicted molar refractivity (Wildman–Crippen MR) is 108 cm³/mol. The second kappa shape index (κ2) is 9.17. The standard InChI is InChI=1S/C23H24N2O3/c1-25(27)22(26)24-17-18-28-23(19-11-5-2-6-12-19,20-13-7-3-8-14-20)21-15-9-4-10-16-21/h2-16,27H,17-18H2,1H3,(H,24,26). The Hall–Kier alpha value is -3.15. The van der Waals surface area contributed by atoms with Crippen LogP contribution in [0.2, 0.25) is 0 Å². The zero-order chi connectivity index (χ0) is 19.8. The number of nitrogens with one attached hydrogen (secondary N) is 1. The molecule has 0 atom stereocenters. The monoisotopic (exact) mass is 376 g/mol. The van der Waals surface area contributed by atoms with Gasteiger partial charge in [0.1, 0.15) is 5.60 Å². The van der Waals surface area contributed by atoms with Gasteiger partial charge in [-0.25, -0.2) is 9.86 Å². The molecule has 2 amide bonds. The fourth-order valence-corrected chi connectivity index (χ4v) is 3.25. The zero-order valence-electron chi connectivity index (χ0n) is 15.8. The van der Waals surface area contributed by atoms with Gasteiger partial charge in [-0.3, -0.25) is 5.21 Å². The quantitative estimate of drug-likeness (QED) is 0.283. The van der Waals surface area contributed by atoms with Crippen LogP contribution in [0.25, 0.3) is 0 Å². The number of amides is 2. The fraction of sp³-hybridized carbons (Fsp3) is 0.174. The average molecular weight is 376 g/mol. The number of carbonyl (C=O) groups is 1. The molecule has 0 spiro atoms. The van der Waals surface area contributed by atoms with E-state index in [0.717, 1.165) is 16.7 Å². The van der Waals surface area contributed by atoms with Gasteiger partial charge in [-0.15, -0.1) is 0 Å². The predicted octanol–water partition coefficient (Wildman–Crippen LogP) is 4.03. The Kier molecular flexibility index (Phi) is 6.42. The molecule has 0 heterocycles. The van der Waals surface area contributed by atoms with Crippen LogP contribution in [0.4, 0.5) is 4.79 Å². The van der Waals surface area contributed by atoms with Gasteiger partial charge in [-0.05, 0) is 16.7 Å². The van der Waals surface area contributed by atoms with Crippen LogP contribution in [-0.2, 0) is 10.3 Å². The van der Waals surface area contributed by atoms with Crippen molar-refractivity contribution in [1.82, 2.24) is 10.4 Å². The first kappa shape index (κ1) is 19.6. The summed E-state index contributed by atoms with van der Waals surface area (Å²) >= 11 is 0. The molecule has 0 aromatic heterocycles. The van der Waals surface area contributed by atoms with Gasteiger partial charge < -0.3 is 10.1 Å². The maximum absolute atomic E-state index is 11.6. The third-order valence-corrected chi connectivity index (χ3v) is 4.53. The summed E-state index contributed by atoms with van der Waals surface area (Å²) in [5.74, 6) is 0. The highest BCUT2D eigenvalue weighted by Crippen LogP contribution is 2.40. The molecule has 0 aliphatic heterocycles. The molecule has 3 rings (SSSR count). The van der Waals surface area contributed by atoms with Crippen molar-refractivity contribution in [1.29, 1.82) is 0 Å². The molecule has 0 fully saturated rings. The summed E-state index contributed by atoms with van der Waals surface area (Å²) in [7, 11) is 1.28. The van der Waals surface area contributed by atoms with Gasteiger partial charge in [-0.1, -0.05) is 91.0 Å². The third-order valence-electron chi connectivity index (χ3n) is 4.53. The molecule has 28 heavy (non-hydrogen) atoms. The lowest BCUT2D eigenvalue weighted by molar-refractivity contribution is -0.0213. The van der Waals surface area contributed by atoms with Crippen molar-refractivity contribution in [2.24, 2.45) is 0 Å². The number of nitrogens with zero attached hydrogens (tertiary/aromatic N) is 1. The van der Waals surface area contributed by atoms with E-state index in [9.17, 15) is 10.0 Å². The number of hydrogen-bond donors (Lipinski definition) is 2. The van der Waals surface area contributed by atoms with E-state index in [0.29, 0.717) is 5.06 Å². The lowest BCUT2D eigenvalue weighted by atomic mass is 9.80. The Balaban J connectivity index is 2.00. The summed E-state index contributed by atoms with van der Waals surface area (Å²) in [5.41, 5.74) is 2.17. The minimum Gasteiger partial charge on any atom is -0.359 e. The summed E-state index contributed by atoms with van der Waals surface area (Å²) in [6, 6.07) is 29.5. The molecular weight excluding hydrogens is 352 g/mol.